The van der Waals surface area contributed by atoms with Crippen molar-refractivity contribution in [2.45, 2.75) is 25.4 Å². The number of ether oxygens (including phenoxy) is 1. The summed E-state index contributed by atoms with van der Waals surface area (Å²) in [5.41, 5.74) is 6.98. The van der Waals surface area contributed by atoms with Crippen LogP contribution in [-0.2, 0) is 17.6 Å². The Morgan fingerprint density at radius 2 is 1.58 bits per heavy atom. The van der Waals surface area contributed by atoms with E-state index in [1.807, 2.05) is 0 Å². The Bertz CT molecular complexity index is 700. The first kappa shape index (κ1) is 15.6. The topological polar surface area (TPSA) is 12.5 Å². The minimum Gasteiger partial charge on any atom is -0.373 e. The summed E-state index contributed by atoms with van der Waals surface area (Å²) in [6.45, 7) is 2.93. The summed E-state index contributed by atoms with van der Waals surface area (Å²) in [4.78, 5) is 2.38. The van der Waals surface area contributed by atoms with E-state index in [4.69, 9.17) is 4.74 Å². The molecule has 1 saturated heterocycles. The van der Waals surface area contributed by atoms with Gasteiger partial charge in [0.15, 0.2) is 0 Å². The highest BCUT2D eigenvalue weighted by Crippen LogP contribution is 2.34. The van der Waals surface area contributed by atoms with Gasteiger partial charge in [-0.1, -0.05) is 48.5 Å². The summed E-state index contributed by atoms with van der Waals surface area (Å²) in [5.74, 6) is 0. The van der Waals surface area contributed by atoms with E-state index in [1.165, 1.54) is 27.8 Å². The quantitative estimate of drug-likeness (QED) is 0.789. The third-order valence-corrected chi connectivity index (χ3v) is 5.14. The maximum atomic E-state index is 6.13. The predicted molar refractivity (Wildman–Crippen MR) is 99.2 cm³/mol. The third-order valence-electron chi connectivity index (χ3n) is 5.14. The van der Waals surface area contributed by atoms with E-state index in [9.17, 15) is 0 Å². The molecule has 1 fully saturated rings. The highest BCUT2D eigenvalue weighted by atomic mass is 16.5. The van der Waals surface area contributed by atoms with Crippen molar-refractivity contribution in [3.05, 3.63) is 76.9 Å². The standard InChI is InChI=1S/C22H25NO/c1-23-13-6-14-24-19(16-23)15-22-20-9-4-2-7-17(20)11-12-18-8-3-5-10-21(18)22/h2-5,7-10,15,19H,6,11-14,16H2,1H3. The lowest BCUT2D eigenvalue weighted by molar-refractivity contribution is 0.0909. The lowest BCUT2D eigenvalue weighted by Gasteiger charge is -2.19. The zero-order valence-corrected chi connectivity index (χ0v) is 14.4. The molecular weight excluding hydrogens is 294 g/mol. The fraction of sp³-hybridized carbons (Fsp3) is 0.364. The van der Waals surface area contributed by atoms with Crippen molar-refractivity contribution in [1.29, 1.82) is 0 Å². The molecule has 0 aromatic heterocycles. The van der Waals surface area contributed by atoms with Crippen LogP contribution in [0.3, 0.4) is 0 Å². The highest BCUT2D eigenvalue weighted by molar-refractivity contribution is 5.84. The number of likely N-dealkylation sites (N-methyl/N-ethyl adjacent to an activating group) is 1. The van der Waals surface area contributed by atoms with Crippen LogP contribution in [0.5, 0.6) is 0 Å². The molecule has 4 rings (SSSR count). The second kappa shape index (κ2) is 6.92. The first-order valence-electron chi connectivity index (χ1n) is 9.00. The van der Waals surface area contributed by atoms with E-state index in [0.29, 0.717) is 0 Å². The Balaban J connectivity index is 1.81. The molecule has 1 heterocycles. The van der Waals surface area contributed by atoms with Gasteiger partial charge in [-0.3, -0.25) is 0 Å². The normalized spacial score (nSPS) is 21.4. The average molecular weight is 319 g/mol. The van der Waals surface area contributed by atoms with E-state index in [2.05, 4.69) is 66.6 Å². The maximum absolute atomic E-state index is 6.13. The monoisotopic (exact) mass is 319 g/mol. The summed E-state index contributed by atoms with van der Waals surface area (Å²) in [6, 6.07) is 17.7. The van der Waals surface area contributed by atoms with Gasteiger partial charge in [-0.2, -0.15) is 0 Å². The molecule has 2 aliphatic rings. The Morgan fingerprint density at radius 1 is 0.958 bits per heavy atom. The summed E-state index contributed by atoms with van der Waals surface area (Å²) in [5, 5.41) is 0. The fourth-order valence-electron chi connectivity index (χ4n) is 3.90. The van der Waals surface area contributed by atoms with E-state index in [0.717, 1.165) is 39.0 Å². The Labute approximate surface area is 144 Å². The smallest absolute Gasteiger partial charge is 0.0891 e. The van der Waals surface area contributed by atoms with Crippen LogP contribution in [0.4, 0.5) is 0 Å². The molecule has 1 unspecified atom stereocenters. The molecule has 1 aliphatic heterocycles. The molecule has 2 nitrogen and oxygen atoms in total. The van der Waals surface area contributed by atoms with Crippen LogP contribution in [0, 0.1) is 0 Å². The van der Waals surface area contributed by atoms with Gasteiger partial charge in [-0.15, -0.1) is 0 Å². The Kier molecular flexibility index (Phi) is 4.50. The number of nitrogens with zero attached hydrogens (tertiary/aromatic N) is 1. The predicted octanol–water partition coefficient (Wildman–Crippen LogP) is 3.94. The van der Waals surface area contributed by atoms with E-state index in [1.54, 1.807) is 0 Å². The van der Waals surface area contributed by atoms with Gasteiger partial charge in [0, 0.05) is 19.7 Å². The van der Waals surface area contributed by atoms with Crippen molar-refractivity contribution in [2.75, 3.05) is 26.7 Å². The zero-order valence-electron chi connectivity index (χ0n) is 14.4. The largest absolute Gasteiger partial charge is 0.373 e. The second-order valence-corrected chi connectivity index (χ2v) is 6.92. The van der Waals surface area contributed by atoms with Gasteiger partial charge >= 0.3 is 0 Å². The van der Waals surface area contributed by atoms with Crippen molar-refractivity contribution in [3.63, 3.8) is 0 Å². The van der Waals surface area contributed by atoms with Crippen molar-refractivity contribution in [1.82, 2.24) is 4.90 Å². The number of fused-ring (bicyclic) bond motifs is 2. The van der Waals surface area contributed by atoms with Crippen LogP contribution in [0.1, 0.15) is 28.7 Å². The Morgan fingerprint density at radius 3 is 2.25 bits per heavy atom. The van der Waals surface area contributed by atoms with E-state index < -0.39 is 0 Å². The minimum atomic E-state index is 0.159. The summed E-state index contributed by atoms with van der Waals surface area (Å²) < 4.78 is 6.13. The molecule has 0 bridgehead atoms. The molecule has 2 aromatic carbocycles. The molecule has 0 N–H and O–H groups in total. The van der Waals surface area contributed by atoms with Crippen molar-refractivity contribution in [2.24, 2.45) is 0 Å². The van der Waals surface area contributed by atoms with E-state index >= 15 is 0 Å². The van der Waals surface area contributed by atoms with Crippen LogP contribution in [0.15, 0.2) is 54.6 Å². The van der Waals surface area contributed by atoms with Gasteiger partial charge in [0.05, 0.1) is 6.10 Å². The molecule has 0 radical (unpaired) electrons. The van der Waals surface area contributed by atoms with Gasteiger partial charge in [0.25, 0.3) is 0 Å². The number of rotatable bonds is 1. The molecule has 0 amide bonds. The van der Waals surface area contributed by atoms with Crippen molar-refractivity contribution < 1.29 is 4.74 Å². The lowest BCUT2D eigenvalue weighted by atomic mass is 9.93. The zero-order chi connectivity index (χ0) is 16.4. The molecule has 0 saturated carbocycles. The number of hydrogen-bond acceptors (Lipinski definition) is 2. The highest BCUT2D eigenvalue weighted by Gasteiger charge is 2.21. The van der Waals surface area contributed by atoms with Gasteiger partial charge in [-0.25, -0.2) is 0 Å². The van der Waals surface area contributed by atoms with Gasteiger partial charge in [0.1, 0.15) is 0 Å². The van der Waals surface area contributed by atoms with Crippen molar-refractivity contribution >= 4 is 5.57 Å². The molecular formula is C22H25NO. The number of aryl methyl sites for hydroxylation is 2. The first-order valence-corrected chi connectivity index (χ1v) is 9.00. The molecule has 2 heteroatoms. The van der Waals surface area contributed by atoms with E-state index in [-0.39, 0.29) is 6.10 Å². The van der Waals surface area contributed by atoms with Gasteiger partial charge in [-0.05, 0) is 60.2 Å². The maximum Gasteiger partial charge on any atom is 0.0891 e. The minimum absolute atomic E-state index is 0.159. The first-order chi connectivity index (χ1) is 11.8. The SMILES string of the molecule is CN1CCCOC(C=C2c3ccccc3CCc3ccccc32)C1. The average Bonchev–Trinajstić information content (AvgIpc) is 2.91. The number of benzene rings is 2. The third kappa shape index (κ3) is 3.17. The van der Waals surface area contributed by atoms with Crippen molar-refractivity contribution in [3.8, 4) is 0 Å². The summed E-state index contributed by atoms with van der Waals surface area (Å²) in [6.07, 6.45) is 5.85. The Hall–Kier alpha value is -1.90. The molecule has 2 aromatic rings. The van der Waals surface area contributed by atoms with Gasteiger partial charge < -0.3 is 9.64 Å². The summed E-state index contributed by atoms with van der Waals surface area (Å²) >= 11 is 0. The van der Waals surface area contributed by atoms with Crippen LogP contribution in [0.2, 0.25) is 0 Å². The van der Waals surface area contributed by atoms with Crippen LogP contribution >= 0.6 is 0 Å². The molecule has 1 aliphatic carbocycles. The van der Waals surface area contributed by atoms with Crippen LogP contribution in [-0.4, -0.2) is 37.7 Å². The molecule has 1 atom stereocenters. The summed E-state index contributed by atoms with van der Waals surface area (Å²) in [7, 11) is 2.19. The number of hydrogen-bond donors (Lipinski definition) is 0. The molecule has 124 valence electrons. The molecule has 24 heavy (non-hydrogen) atoms. The second-order valence-electron chi connectivity index (χ2n) is 6.92. The van der Waals surface area contributed by atoms with Gasteiger partial charge in [0.2, 0.25) is 0 Å². The fourth-order valence-corrected chi connectivity index (χ4v) is 3.90. The van der Waals surface area contributed by atoms with Crippen LogP contribution in [0.25, 0.3) is 5.57 Å². The molecule has 0 spiro atoms. The van der Waals surface area contributed by atoms with Crippen LogP contribution < -0.4 is 0 Å². The lowest BCUT2D eigenvalue weighted by Crippen LogP contribution is -2.27.